The van der Waals surface area contributed by atoms with E-state index < -0.39 is 0 Å². The summed E-state index contributed by atoms with van der Waals surface area (Å²) in [6, 6.07) is 6.90. The van der Waals surface area contributed by atoms with Gasteiger partial charge in [-0.2, -0.15) is 0 Å². The number of aliphatic hydroxyl groups is 1. The highest BCUT2D eigenvalue weighted by molar-refractivity contribution is 5.89. The second-order valence-electron chi connectivity index (χ2n) is 4.81. The van der Waals surface area contributed by atoms with Gasteiger partial charge >= 0.3 is 5.97 Å². The summed E-state index contributed by atoms with van der Waals surface area (Å²) in [5.41, 5.74) is 1.32. The van der Waals surface area contributed by atoms with Crippen molar-refractivity contribution in [3.63, 3.8) is 0 Å². The molecular weight excluding hydrogens is 252 g/mol. The molecule has 0 unspecified atom stereocenters. The fourth-order valence-corrected chi connectivity index (χ4v) is 2.05. The molecule has 0 saturated heterocycles. The summed E-state index contributed by atoms with van der Waals surface area (Å²) in [6.07, 6.45) is 1.94. The second kappa shape index (κ2) is 6.80. The van der Waals surface area contributed by atoms with Crippen LogP contribution < -0.4 is 0 Å². The summed E-state index contributed by atoms with van der Waals surface area (Å²) < 4.78 is 4.62. The topological polar surface area (TPSA) is 46.5 Å². The van der Waals surface area contributed by atoms with Gasteiger partial charge in [-0.1, -0.05) is 11.8 Å². The van der Waals surface area contributed by atoms with E-state index in [1.54, 1.807) is 24.3 Å². The highest BCUT2D eigenvalue weighted by Crippen LogP contribution is 2.32. The quantitative estimate of drug-likeness (QED) is 0.657. The Labute approximate surface area is 119 Å². The molecular formula is C17H16O3. The Morgan fingerprint density at radius 2 is 2.00 bits per heavy atom. The first-order valence-electron chi connectivity index (χ1n) is 6.53. The van der Waals surface area contributed by atoms with Crippen molar-refractivity contribution in [2.24, 2.45) is 11.8 Å². The summed E-state index contributed by atoms with van der Waals surface area (Å²) in [4.78, 5) is 11.3. The van der Waals surface area contributed by atoms with Crippen molar-refractivity contribution in [1.29, 1.82) is 0 Å². The van der Waals surface area contributed by atoms with Gasteiger partial charge in [0.1, 0.15) is 0 Å². The van der Waals surface area contributed by atoms with Gasteiger partial charge in [-0.15, -0.1) is 0 Å². The molecule has 1 saturated carbocycles. The summed E-state index contributed by atoms with van der Waals surface area (Å²) in [5.74, 6) is 12.1. The average Bonchev–Trinajstić information content (AvgIpc) is 2.45. The maximum atomic E-state index is 11.3. The molecule has 1 aromatic carbocycles. The SMILES string of the molecule is COC(=O)c1ccc(C#CC#C[C@H]2C[C@@H](CO)C2)cc1. The minimum absolute atomic E-state index is 0.260. The number of esters is 1. The van der Waals surface area contributed by atoms with E-state index >= 15 is 0 Å². The van der Waals surface area contributed by atoms with Gasteiger partial charge in [-0.25, -0.2) is 4.79 Å². The van der Waals surface area contributed by atoms with Gasteiger partial charge in [0.25, 0.3) is 0 Å². The van der Waals surface area contributed by atoms with Crippen LogP contribution in [0.1, 0.15) is 28.8 Å². The standard InChI is InChI=1S/C17H16O3/c1-20-17(19)16-8-6-13(7-9-16)4-2-3-5-14-10-15(11-14)12-18/h6-9,14-15,18H,10-12H2,1H3/t14-,15+. The zero-order chi connectivity index (χ0) is 14.4. The molecule has 102 valence electrons. The van der Waals surface area contributed by atoms with E-state index in [4.69, 9.17) is 5.11 Å². The molecule has 1 aromatic rings. The summed E-state index contributed by atoms with van der Waals surface area (Å²) in [5, 5.41) is 8.89. The number of benzene rings is 1. The Kier molecular flexibility index (Phi) is 4.82. The van der Waals surface area contributed by atoms with Gasteiger partial charge in [0.2, 0.25) is 0 Å². The molecule has 0 aromatic heterocycles. The lowest BCUT2D eigenvalue weighted by molar-refractivity contribution is 0.0600. The maximum absolute atomic E-state index is 11.3. The van der Waals surface area contributed by atoms with Crippen LogP contribution >= 0.6 is 0 Å². The number of hydrogen-bond donors (Lipinski definition) is 1. The molecule has 20 heavy (non-hydrogen) atoms. The second-order valence-corrected chi connectivity index (χ2v) is 4.81. The van der Waals surface area contributed by atoms with Gasteiger partial charge < -0.3 is 9.84 Å². The highest BCUT2D eigenvalue weighted by Gasteiger charge is 2.26. The lowest BCUT2D eigenvalue weighted by Gasteiger charge is -2.29. The molecule has 3 nitrogen and oxygen atoms in total. The molecule has 1 aliphatic carbocycles. The fourth-order valence-electron chi connectivity index (χ4n) is 2.05. The molecule has 3 heteroatoms. The van der Waals surface area contributed by atoms with Crippen molar-refractivity contribution < 1.29 is 14.6 Å². The molecule has 1 N–H and O–H groups in total. The summed E-state index contributed by atoms with van der Waals surface area (Å²) >= 11 is 0. The van der Waals surface area contributed by atoms with Crippen LogP contribution in [0.5, 0.6) is 0 Å². The van der Waals surface area contributed by atoms with Crippen molar-refractivity contribution in [1.82, 2.24) is 0 Å². The van der Waals surface area contributed by atoms with Gasteiger partial charge in [-0.05, 0) is 54.9 Å². The molecule has 0 heterocycles. The molecule has 1 aliphatic rings. The van der Waals surface area contributed by atoms with E-state index in [1.807, 2.05) is 0 Å². The van der Waals surface area contributed by atoms with Crippen LogP contribution in [0, 0.1) is 35.5 Å². The monoisotopic (exact) mass is 268 g/mol. The van der Waals surface area contributed by atoms with Crippen molar-refractivity contribution in [2.75, 3.05) is 13.7 Å². The number of carbonyl (C=O) groups is 1. The Morgan fingerprint density at radius 1 is 1.30 bits per heavy atom. The fraction of sp³-hybridized carbons (Fsp3) is 0.353. The summed E-state index contributed by atoms with van der Waals surface area (Å²) in [6.45, 7) is 0.260. The Bertz CT molecular complexity index is 587. The van der Waals surface area contributed by atoms with E-state index in [1.165, 1.54) is 7.11 Å². The van der Waals surface area contributed by atoms with Crippen molar-refractivity contribution in [3.8, 4) is 23.7 Å². The summed E-state index contributed by atoms with van der Waals surface area (Å²) in [7, 11) is 1.35. The highest BCUT2D eigenvalue weighted by atomic mass is 16.5. The van der Waals surface area contributed by atoms with Gasteiger partial charge in [0.15, 0.2) is 0 Å². The van der Waals surface area contributed by atoms with Crippen LogP contribution in [0.15, 0.2) is 24.3 Å². The van der Waals surface area contributed by atoms with E-state index in [0.29, 0.717) is 17.4 Å². The first-order valence-corrected chi connectivity index (χ1v) is 6.53. The predicted molar refractivity (Wildman–Crippen MR) is 75.7 cm³/mol. The van der Waals surface area contributed by atoms with Crippen molar-refractivity contribution >= 4 is 5.97 Å². The third kappa shape index (κ3) is 3.63. The smallest absolute Gasteiger partial charge is 0.337 e. The van der Waals surface area contributed by atoms with Crippen LogP contribution in [0.3, 0.4) is 0 Å². The van der Waals surface area contributed by atoms with Crippen LogP contribution in [0.25, 0.3) is 0 Å². The van der Waals surface area contributed by atoms with E-state index in [-0.39, 0.29) is 12.6 Å². The Hall–Kier alpha value is -2.23. The number of methoxy groups -OCH3 is 1. The molecule has 0 aliphatic heterocycles. The van der Waals surface area contributed by atoms with E-state index in [2.05, 4.69) is 28.4 Å². The largest absolute Gasteiger partial charge is 0.465 e. The molecule has 0 radical (unpaired) electrons. The normalized spacial score (nSPS) is 19.7. The first kappa shape index (κ1) is 14.2. The maximum Gasteiger partial charge on any atom is 0.337 e. The number of aliphatic hydroxyl groups excluding tert-OH is 1. The average molecular weight is 268 g/mol. The Morgan fingerprint density at radius 3 is 2.60 bits per heavy atom. The number of rotatable bonds is 2. The Balaban J connectivity index is 1.90. The van der Waals surface area contributed by atoms with Crippen LogP contribution in [0.2, 0.25) is 0 Å². The zero-order valence-electron chi connectivity index (χ0n) is 11.3. The van der Waals surface area contributed by atoms with Crippen LogP contribution in [-0.4, -0.2) is 24.8 Å². The third-order valence-electron chi connectivity index (χ3n) is 3.35. The van der Waals surface area contributed by atoms with Gasteiger partial charge in [0.05, 0.1) is 12.7 Å². The third-order valence-corrected chi connectivity index (χ3v) is 3.35. The van der Waals surface area contributed by atoms with Crippen molar-refractivity contribution in [3.05, 3.63) is 35.4 Å². The van der Waals surface area contributed by atoms with E-state index in [0.717, 1.165) is 18.4 Å². The molecule has 0 spiro atoms. The van der Waals surface area contributed by atoms with Crippen LogP contribution in [-0.2, 0) is 4.74 Å². The molecule has 0 atom stereocenters. The number of carbonyl (C=O) groups excluding carboxylic acids is 1. The molecule has 0 amide bonds. The zero-order valence-corrected chi connectivity index (χ0v) is 11.3. The molecule has 0 bridgehead atoms. The van der Waals surface area contributed by atoms with E-state index in [9.17, 15) is 4.79 Å². The minimum Gasteiger partial charge on any atom is -0.465 e. The lowest BCUT2D eigenvalue weighted by atomic mass is 9.76. The molecule has 2 rings (SSSR count). The lowest BCUT2D eigenvalue weighted by Crippen LogP contribution is -2.25. The van der Waals surface area contributed by atoms with Crippen molar-refractivity contribution in [2.45, 2.75) is 12.8 Å². The minimum atomic E-state index is -0.354. The van der Waals surface area contributed by atoms with Gasteiger partial charge in [-0.3, -0.25) is 0 Å². The predicted octanol–water partition coefficient (Wildman–Crippen LogP) is 1.85. The molecule has 1 fully saturated rings. The first-order chi connectivity index (χ1) is 9.72. The number of hydrogen-bond acceptors (Lipinski definition) is 3. The number of ether oxygens (including phenoxy) is 1. The van der Waals surface area contributed by atoms with Crippen LogP contribution in [0.4, 0.5) is 0 Å². The van der Waals surface area contributed by atoms with Gasteiger partial charge in [0, 0.05) is 18.1 Å².